The van der Waals surface area contributed by atoms with E-state index in [1.165, 1.54) is 6.92 Å². The van der Waals surface area contributed by atoms with Crippen molar-refractivity contribution in [1.82, 2.24) is 0 Å². The lowest BCUT2D eigenvalue weighted by Gasteiger charge is -2.35. The Balaban J connectivity index is 4.83. The Morgan fingerprint density at radius 1 is 1.06 bits per heavy atom. The summed E-state index contributed by atoms with van der Waals surface area (Å²) >= 11 is 0. The summed E-state index contributed by atoms with van der Waals surface area (Å²) in [5, 5.41) is 0. The zero-order valence-electron chi connectivity index (χ0n) is 10.4. The van der Waals surface area contributed by atoms with Crippen molar-refractivity contribution in [3.05, 3.63) is 0 Å². The van der Waals surface area contributed by atoms with Crippen LogP contribution in [0.3, 0.4) is 0 Å². The van der Waals surface area contributed by atoms with Gasteiger partial charge in [-0.2, -0.15) is 4.39 Å². The molecule has 0 amide bonds. The van der Waals surface area contributed by atoms with Crippen LogP contribution in [-0.4, -0.2) is 27.4 Å². The van der Waals surface area contributed by atoms with E-state index in [0.29, 0.717) is 18.1 Å². The SMILES string of the molecule is CCOC(F)(O[Si](CC)(CC)CC)C(F)F. The number of hydrogen-bond donors (Lipinski definition) is 0. The summed E-state index contributed by atoms with van der Waals surface area (Å²) in [5.41, 5.74) is 0. The predicted molar refractivity (Wildman–Crippen MR) is 59.8 cm³/mol. The quantitative estimate of drug-likeness (QED) is 0.485. The van der Waals surface area contributed by atoms with E-state index < -0.39 is 20.8 Å². The third-order valence-electron chi connectivity index (χ3n) is 2.89. The molecule has 0 saturated carbocycles. The highest BCUT2D eigenvalue weighted by Crippen LogP contribution is 2.33. The van der Waals surface area contributed by atoms with Gasteiger partial charge in [0.25, 0.3) is 0 Å². The number of hydrogen-bond acceptors (Lipinski definition) is 2. The molecular weight excluding hydrogens is 237 g/mol. The number of alkyl halides is 3. The van der Waals surface area contributed by atoms with Crippen LogP contribution in [-0.2, 0) is 9.16 Å². The first-order valence-corrected chi connectivity index (χ1v) is 8.23. The van der Waals surface area contributed by atoms with Gasteiger partial charge in [-0.3, -0.25) is 0 Å². The van der Waals surface area contributed by atoms with E-state index in [-0.39, 0.29) is 6.61 Å². The topological polar surface area (TPSA) is 18.5 Å². The van der Waals surface area contributed by atoms with Crippen molar-refractivity contribution in [2.45, 2.75) is 58.3 Å². The highest BCUT2D eigenvalue weighted by atomic mass is 28.4. The molecule has 6 heteroatoms. The molecule has 16 heavy (non-hydrogen) atoms. The molecule has 2 nitrogen and oxygen atoms in total. The molecule has 1 unspecified atom stereocenters. The van der Waals surface area contributed by atoms with Crippen LogP contribution in [0.1, 0.15) is 27.7 Å². The van der Waals surface area contributed by atoms with Crippen LogP contribution in [0, 0.1) is 0 Å². The van der Waals surface area contributed by atoms with Crippen molar-refractivity contribution in [2.75, 3.05) is 6.61 Å². The van der Waals surface area contributed by atoms with Gasteiger partial charge in [-0.05, 0) is 25.1 Å². The van der Waals surface area contributed by atoms with Gasteiger partial charge in [-0.1, -0.05) is 20.8 Å². The standard InChI is InChI=1S/C10H21F3O2Si/c1-5-14-10(13,9(11)12)15-16(6-2,7-3)8-4/h9H,5-8H2,1-4H3. The highest BCUT2D eigenvalue weighted by molar-refractivity contribution is 6.73. The van der Waals surface area contributed by atoms with E-state index in [2.05, 4.69) is 4.74 Å². The van der Waals surface area contributed by atoms with E-state index >= 15 is 0 Å². The number of ether oxygens (including phenoxy) is 1. The summed E-state index contributed by atoms with van der Waals surface area (Å²) in [6.45, 7) is 6.86. The molecule has 0 aromatic heterocycles. The predicted octanol–water partition coefficient (Wildman–Crippen LogP) is 3.93. The van der Waals surface area contributed by atoms with Gasteiger partial charge in [0.05, 0.1) is 6.61 Å². The molecule has 98 valence electrons. The lowest BCUT2D eigenvalue weighted by molar-refractivity contribution is -0.331. The van der Waals surface area contributed by atoms with Crippen molar-refractivity contribution in [2.24, 2.45) is 0 Å². The summed E-state index contributed by atoms with van der Waals surface area (Å²) < 4.78 is 48.5. The average Bonchev–Trinajstić information content (AvgIpc) is 2.26. The fourth-order valence-electron chi connectivity index (χ4n) is 1.60. The fourth-order valence-corrected chi connectivity index (χ4v) is 4.27. The Bertz CT molecular complexity index is 192. The molecular formula is C10H21F3O2Si. The van der Waals surface area contributed by atoms with Crippen LogP contribution in [0.15, 0.2) is 0 Å². The second kappa shape index (κ2) is 6.61. The number of rotatable bonds is 8. The van der Waals surface area contributed by atoms with Gasteiger partial charge >= 0.3 is 12.5 Å². The van der Waals surface area contributed by atoms with Crippen molar-refractivity contribution < 1.29 is 22.3 Å². The molecule has 0 rings (SSSR count). The molecule has 0 aliphatic heterocycles. The maximum Gasteiger partial charge on any atom is 0.373 e. The third kappa shape index (κ3) is 3.75. The molecule has 0 saturated heterocycles. The van der Waals surface area contributed by atoms with E-state index in [1.807, 2.05) is 20.8 Å². The van der Waals surface area contributed by atoms with Crippen molar-refractivity contribution in [1.29, 1.82) is 0 Å². The van der Waals surface area contributed by atoms with Crippen molar-refractivity contribution >= 4 is 8.32 Å². The second-order valence-electron chi connectivity index (χ2n) is 3.66. The van der Waals surface area contributed by atoms with Crippen LogP contribution in [0.5, 0.6) is 0 Å². The first-order valence-electron chi connectivity index (χ1n) is 5.70. The Labute approximate surface area is 96.3 Å². The molecule has 0 N–H and O–H groups in total. The minimum absolute atomic E-state index is 0.136. The second-order valence-corrected chi connectivity index (χ2v) is 8.35. The maximum atomic E-state index is 13.8. The largest absolute Gasteiger partial charge is 0.373 e. The van der Waals surface area contributed by atoms with Crippen LogP contribution in [0.4, 0.5) is 13.2 Å². The van der Waals surface area contributed by atoms with E-state index in [9.17, 15) is 13.2 Å². The minimum atomic E-state index is -3.27. The van der Waals surface area contributed by atoms with Gasteiger partial charge in [-0.15, -0.1) is 0 Å². The highest BCUT2D eigenvalue weighted by Gasteiger charge is 2.49. The monoisotopic (exact) mass is 258 g/mol. The lowest BCUT2D eigenvalue weighted by atomic mass is 10.6. The smallest absolute Gasteiger partial charge is 0.361 e. The van der Waals surface area contributed by atoms with E-state index in [0.717, 1.165) is 0 Å². The molecule has 0 aromatic carbocycles. The van der Waals surface area contributed by atoms with Crippen LogP contribution >= 0.6 is 0 Å². The van der Waals surface area contributed by atoms with Crippen LogP contribution in [0.25, 0.3) is 0 Å². The molecule has 0 spiro atoms. The summed E-state index contributed by atoms with van der Waals surface area (Å²) in [6.07, 6.45) is -3.27. The Hall–Kier alpha value is -0.0731. The van der Waals surface area contributed by atoms with Gasteiger partial charge in [0.2, 0.25) is 0 Å². The van der Waals surface area contributed by atoms with Gasteiger partial charge in [0, 0.05) is 0 Å². The van der Waals surface area contributed by atoms with E-state index in [1.54, 1.807) is 0 Å². The zero-order chi connectivity index (χ0) is 12.8. The van der Waals surface area contributed by atoms with Gasteiger partial charge in [0.15, 0.2) is 8.32 Å². The van der Waals surface area contributed by atoms with E-state index in [4.69, 9.17) is 4.43 Å². The Morgan fingerprint density at radius 3 is 1.75 bits per heavy atom. The lowest BCUT2D eigenvalue weighted by Crippen LogP contribution is -2.50. The first-order chi connectivity index (χ1) is 7.39. The molecule has 0 aliphatic rings. The summed E-state index contributed by atoms with van der Waals surface area (Å²) in [4.78, 5) is 0. The number of halogens is 3. The fraction of sp³-hybridized carbons (Fsp3) is 1.00. The van der Waals surface area contributed by atoms with Crippen molar-refractivity contribution in [3.8, 4) is 0 Å². The van der Waals surface area contributed by atoms with Crippen LogP contribution < -0.4 is 0 Å². The minimum Gasteiger partial charge on any atom is -0.361 e. The molecule has 0 aliphatic carbocycles. The summed E-state index contributed by atoms with van der Waals surface area (Å²) in [7, 11) is -2.43. The summed E-state index contributed by atoms with van der Waals surface area (Å²) in [5.74, 6) is 0. The van der Waals surface area contributed by atoms with Gasteiger partial charge in [0.1, 0.15) is 0 Å². The van der Waals surface area contributed by atoms with Gasteiger partial charge in [-0.25, -0.2) is 8.78 Å². The molecule has 1 atom stereocenters. The normalized spacial score (nSPS) is 16.5. The molecule has 0 aromatic rings. The first kappa shape index (κ1) is 15.9. The van der Waals surface area contributed by atoms with Gasteiger partial charge < -0.3 is 9.16 Å². The molecule has 0 bridgehead atoms. The van der Waals surface area contributed by atoms with Crippen molar-refractivity contribution in [3.63, 3.8) is 0 Å². The molecule has 0 fully saturated rings. The Morgan fingerprint density at radius 2 is 1.50 bits per heavy atom. The molecule has 0 radical (unpaired) electrons. The molecule has 0 heterocycles. The zero-order valence-corrected chi connectivity index (χ0v) is 11.4. The Kier molecular flexibility index (Phi) is 6.58. The van der Waals surface area contributed by atoms with Crippen LogP contribution in [0.2, 0.25) is 18.1 Å². The third-order valence-corrected chi connectivity index (χ3v) is 7.47. The average molecular weight is 258 g/mol. The maximum absolute atomic E-state index is 13.8. The summed E-state index contributed by atoms with van der Waals surface area (Å²) in [6, 6.07) is -1.43.